The van der Waals surface area contributed by atoms with Gasteiger partial charge in [-0.05, 0) is 43.0 Å². The second-order valence-corrected chi connectivity index (χ2v) is 5.14. The lowest BCUT2D eigenvalue weighted by molar-refractivity contribution is 0.0582. The van der Waals surface area contributed by atoms with E-state index in [4.69, 9.17) is 16.4 Å². The Hall–Kier alpha value is -2.30. The molecule has 108 valence electrons. The fourth-order valence-corrected chi connectivity index (χ4v) is 2.46. The van der Waals surface area contributed by atoms with Crippen LogP contribution in [0, 0.1) is 29.6 Å². The van der Waals surface area contributed by atoms with Gasteiger partial charge in [-0.2, -0.15) is 5.26 Å². The zero-order valence-corrected chi connectivity index (χ0v) is 11.9. The molecule has 0 atom stereocenters. The topological polar surface area (TPSA) is 53.3 Å². The molecule has 0 radical (unpaired) electrons. The van der Waals surface area contributed by atoms with Crippen LogP contribution in [-0.4, -0.2) is 37.1 Å². The third-order valence-electron chi connectivity index (χ3n) is 3.70. The number of piperidine rings is 1. The molecular formula is C17H18N2O2. The van der Waals surface area contributed by atoms with Crippen molar-refractivity contribution in [2.75, 3.05) is 26.3 Å². The number of benzene rings is 1. The normalized spacial score (nSPS) is 15.2. The highest BCUT2D eigenvalue weighted by atomic mass is 16.5. The molecule has 0 saturated carbocycles. The largest absolute Gasteiger partial charge is 0.369 e. The number of hydrogen-bond acceptors (Lipinski definition) is 3. The van der Waals surface area contributed by atoms with Crippen molar-refractivity contribution in [3.8, 4) is 18.4 Å². The van der Waals surface area contributed by atoms with E-state index in [0.29, 0.717) is 30.3 Å². The minimum absolute atomic E-state index is 0.0301. The molecule has 2 rings (SSSR count). The Morgan fingerprint density at radius 2 is 2.00 bits per heavy atom. The van der Waals surface area contributed by atoms with Crippen LogP contribution < -0.4 is 0 Å². The Bertz CT molecular complexity index is 558. The van der Waals surface area contributed by atoms with E-state index in [9.17, 15) is 4.79 Å². The molecule has 1 aliphatic heterocycles. The number of rotatable bonds is 4. The first kappa shape index (κ1) is 15.1. The van der Waals surface area contributed by atoms with Crippen LogP contribution in [0.4, 0.5) is 0 Å². The van der Waals surface area contributed by atoms with Crippen molar-refractivity contribution in [2.45, 2.75) is 12.8 Å². The number of terminal acetylenes is 1. The number of likely N-dealkylation sites (tertiary alicyclic amines) is 1. The van der Waals surface area contributed by atoms with Gasteiger partial charge in [0.1, 0.15) is 6.61 Å². The average molecular weight is 282 g/mol. The molecule has 1 saturated heterocycles. The van der Waals surface area contributed by atoms with Crippen LogP contribution >= 0.6 is 0 Å². The number of hydrogen-bond donors (Lipinski definition) is 0. The fourth-order valence-electron chi connectivity index (χ4n) is 2.46. The molecule has 1 aromatic carbocycles. The van der Waals surface area contributed by atoms with Gasteiger partial charge in [0.05, 0.1) is 18.2 Å². The molecule has 1 amide bonds. The van der Waals surface area contributed by atoms with Crippen molar-refractivity contribution in [1.82, 2.24) is 4.90 Å². The van der Waals surface area contributed by atoms with Gasteiger partial charge < -0.3 is 9.64 Å². The monoisotopic (exact) mass is 282 g/mol. The first-order valence-corrected chi connectivity index (χ1v) is 7.05. The van der Waals surface area contributed by atoms with Crippen LogP contribution in [0.25, 0.3) is 0 Å². The molecule has 1 heterocycles. The molecule has 1 aliphatic rings. The number of carbonyl (C=O) groups excluding carboxylic acids is 1. The number of carbonyl (C=O) groups is 1. The third-order valence-corrected chi connectivity index (χ3v) is 3.70. The van der Waals surface area contributed by atoms with Crippen molar-refractivity contribution < 1.29 is 9.53 Å². The van der Waals surface area contributed by atoms with E-state index in [1.165, 1.54) is 0 Å². The summed E-state index contributed by atoms with van der Waals surface area (Å²) in [4.78, 5) is 14.2. The van der Waals surface area contributed by atoms with Crippen molar-refractivity contribution in [3.63, 3.8) is 0 Å². The molecular weight excluding hydrogens is 264 g/mol. The third kappa shape index (κ3) is 4.08. The second-order valence-electron chi connectivity index (χ2n) is 5.14. The average Bonchev–Trinajstić information content (AvgIpc) is 2.55. The molecule has 1 aromatic rings. The van der Waals surface area contributed by atoms with Crippen LogP contribution in [0.2, 0.25) is 0 Å². The van der Waals surface area contributed by atoms with Crippen molar-refractivity contribution >= 4 is 5.91 Å². The number of nitrogens with zero attached hydrogens (tertiary/aromatic N) is 2. The Morgan fingerprint density at radius 3 is 2.57 bits per heavy atom. The maximum atomic E-state index is 12.4. The zero-order chi connectivity index (χ0) is 15.1. The molecule has 1 fully saturated rings. The minimum atomic E-state index is 0.0301. The van der Waals surface area contributed by atoms with Gasteiger partial charge in [-0.25, -0.2) is 0 Å². The summed E-state index contributed by atoms with van der Waals surface area (Å²) in [6, 6.07) is 8.82. The summed E-state index contributed by atoms with van der Waals surface area (Å²) >= 11 is 0. The van der Waals surface area contributed by atoms with Crippen LogP contribution in [0.1, 0.15) is 28.8 Å². The van der Waals surface area contributed by atoms with E-state index < -0.39 is 0 Å². The Balaban J connectivity index is 1.85. The van der Waals surface area contributed by atoms with E-state index in [0.717, 1.165) is 25.9 Å². The Kier molecular flexibility index (Phi) is 5.37. The molecule has 0 spiro atoms. The van der Waals surface area contributed by atoms with E-state index >= 15 is 0 Å². The summed E-state index contributed by atoms with van der Waals surface area (Å²) in [5.41, 5.74) is 1.20. The van der Waals surface area contributed by atoms with E-state index in [2.05, 4.69) is 5.92 Å². The predicted octanol–water partition coefficient (Wildman–Crippen LogP) is 2.06. The minimum Gasteiger partial charge on any atom is -0.369 e. The van der Waals surface area contributed by atoms with Crippen LogP contribution in [0.5, 0.6) is 0 Å². The smallest absolute Gasteiger partial charge is 0.253 e. The summed E-state index contributed by atoms with van der Waals surface area (Å²) in [6.45, 7) is 2.50. The standard InChI is InChI=1S/C17H18N2O2/c1-2-11-21-13-15-7-9-19(10-8-15)17(20)16-5-3-14(12-18)4-6-16/h1,3-6,15H,7-11,13H2. The molecule has 0 unspecified atom stereocenters. The Labute approximate surface area is 125 Å². The van der Waals surface area contributed by atoms with Gasteiger partial charge in [-0.1, -0.05) is 5.92 Å². The highest BCUT2D eigenvalue weighted by molar-refractivity contribution is 5.94. The highest BCUT2D eigenvalue weighted by Gasteiger charge is 2.23. The molecule has 0 aliphatic carbocycles. The van der Waals surface area contributed by atoms with Crippen molar-refractivity contribution in [1.29, 1.82) is 5.26 Å². The van der Waals surface area contributed by atoms with E-state index in [-0.39, 0.29) is 5.91 Å². The van der Waals surface area contributed by atoms with Gasteiger partial charge in [0.2, 0.25) is 0 Å². The second kappa shape index (κ2) is 7.47. The molecule has 0 aromatic heterocycles. The summed E-state index contributed by atoms with van der Waals surface area (Å²) in [5.74, 6) is 2.96. The van der Waals surface area contributed by atoms with Gasteiger partial charge in [0, 0.05) is 18.7 Å². The van der Waals surface area contributed by atoms with Crippen molar-refractivity contribution in [2.24, 2.45) is 5.92 Å². The first-order chi connectivity index (χ1) is 10.2. The van der Waals surface area contributed by atoms with Crippen LogP contribution in [-0.2, 0) is 4.74 Å². The summed E-state index contributed by atoms with van der Waals surface area (Å²) in [5, 5.41) is 8.76. The predicted molar refractivity (Wildman–Crippen MR) is 79.4 cm³/mol. The van der Waals surface area contributed by atoms with Crippen LogP contribution in [0.15, 0.2) is 24.3 Å². The van der Waals surface area contributed by atoms with Gasteiger partial charge in [0.25, 0.3) is 5.91 Å². The number of ether oxygens (including phenoxy) is 1. The lowest BCUT2D eigenvalue weighted by Crippen LogP contribution is -2.39. The number of amides is 1. The maximum Gasteiger partial charge on any atom is 0.253 e. The van der Waals surface area contributed by atoms with Gasteiger partial charge in [-0.15, -0.1) is 6.42 Å². The SMILES string of the molecule is C#CCOCC1CCN(C(=O)c2ccc(C#N)cc2)CC1. The summed E-state index contributed by atoms with van der Waals surface area (Å²) in [6.07, 6.45) is 7.02. The summed E-state index contributed by atoms with van der Waals surface area (Å²) in [7, 11) is 0. The molecule has 0 bridgehead atoms. The number of nitriles is 1. The fraction of sp³-hybridized carbons (Fsp3) is 0.412. The molecule has 4 heteroatoms. The molecule has 21 heavy (non-hydrogen) atoms. The first-order valence-electron chi connectivity index (χ1n) is 7.05. The maximum absolute atomic E-state index is 12.4. The van der Waals surface area contributed by atoms with Gasteiger partial charge >= 0.3 is 0 Å². The molecule has 0 N–H and O–H groups in total. The van der Waals surface area contributed by atoms with Crippen molar-refractivity contribution in [3.05, 3.63) is 35.4 Å². The van der Waals surface area contributed by atoms with E-state index in [1.807, 2.05) is 11.0 Å². The van der Waals surface area contributed by atoms with Gasteiger partial charge in [0.15, 0.2) is 0 Å². The van der Waals surface area contributed by atoms with Gasteiger partial charge in [-0.3, -0.25) is 4.79 Å². The Morgan fingerprint density at radius 1 is 1.33 bits per heavy atom. The quantitative estimate of drug-likeness (QED) is 0.627. The molecule has 4 nitrogen and oxygen atoms in total. The zero-order valence-electron chi connectivity index (χ0n) is 11.9. The lowest BCUT2D eigenvalue weighted by Gasteiger charge is -2.31. The lowest BCUT2D eigenvalue weighted by atomic mass is 9.97. The van der Waals surface area contributed by atoms with Crippen LogP contribution in [0.3, 0.4) is 0 Å². The summed E-state index contributed by atoms with van der Waals surface area (Å²) < 4.78 is 5.36. The highest BCUT2D eigenvalue weighted by Crippen LogP contribution is 2.19. The van der Waals surface area contributed by atoms with E-state index in [1.54, 1.807) is 24.3 Å².